The molecular weight excluding hydrogens is 376 g/mol. The molecule has 0 radical (unpaired) electrons. The van der Waals surface area contributed by atoms with Crippen molar-refractivity contribution in [3.63, 3.8) is 0 Å². The lowest BCUT2D eigenvalue weighted by atomic mass is 9.90. The third-order valence-electron chi connectivity index (χ3n) is 4.50. The molecule has 1 aliphatic heterocycles. The average Bonchev–Trinajstić information content (AvgIpc) is 2.65. The van der Waals surface area contributed by atoms with Crippen LogP contribution < -0.4 is 0 Å². The van der Waals surface area contributed by atoms with Crippen molar-refractivity contribution in [2.45, 2.75) is 62.7 Å². The molecule has 1 aromatic carbocycles. The van der Waals surface area contributed by atoms with Crippen LogP contribution in [0.25, 0.3) is 0 Å². The van der Waals surface area contributed by atoms with Crippen LogP contribution in [0.4, 0.5) is 0 Å². The Kier molecular flexibility index (Phi) is 7.74. The van der Waals surface area contributed by atoms with Gasteiger partial charge in [-0.1, -0.05) is 55.7 Å². The number of aliphatic hydroxyl groups excluding tert-OH is 3. The van der Waals surface area contributed by atoms with Crippen LogP contribution in [0.5, 0.6) is 0 Å². The number of rotatable bonds is 7. The van der Waals surface area contributed by atoms with Gasteiger partial charge in [0.1, 0.15) is 30.5 Å². The maximum absolute atomic E-state index is 12.4. The Morgan fingerprint density at radius 3 is 2.46 bits per heavy atom. The molecule has 0 aliphatic carbocycles. The fourth-order valence-corrected chi connectivity index (χ4v) is 3.79. The number of aliphatic hydroxyl groups is 3. The second-order valence-corrected chi connectivity index (χ2v) is 13.2. The molecule has 6 atom stereocenters. The molecule has 6 nitrogen and oxygen atoms in total. The monoisotopic (exact) mass is 406 g/mol. The summed E-state index contributed by atoms with van der Waals surface area (Å²) in [4.78, 5) is 12.4. The predicted octanol–water partition coefficient (Wildman–Crippen LogP) is 2.07. The van der Waals surface area contributed by atoms with Gasteiger partial charge in [0.2, 0.25) is 0 Å². The summed E-state index contributed by atoms with van der Waals surface area (Å²) in [6.45, 7) is 10.0. The molecule has 0 saturated carbocycles. The Hall–Kier alpha value is -1.77. The van der Waals surface area contributed by atoms with Gasteiger partial charge in [-0.05, 0) is 18.6 Å². The zero-order valence-corrected chi connectivity index (χ0v) is 17.6. The Morgan fingerprint density at radius 1 is 1.25 bits per heavy atom. The molecule has 28 heavy (non-hydrogen) atoms. The number of hydrogen-bond donors (Lipinski definition) is 3. The Balaban J connectivity index is 2.17. The van der Waals surface area contributed by atoms with Gasteiger partial charge in [0.05, 0.1) is 13.6 Å². The lowest BCUT2D eigenvalue weighted by molar-refractivity contribution is -0.236. The summed E-state index contributed by atoms with van der Waals surface area (Å²) in [6, 6.07) is 8.39. The van der Waals surface area contributed by atoms with E-state index in [9.17, 15) is 20.1 Å². The van der Waals surface area contributed by atoms with Crippen molar-refractivity contribution in [2.24, 2.45) is 0 Å². The molecule has 0 bridgehead atoms. The van der Waals surface area contributed by atoms with E-state index in [-0.39, 0.29) is 6.42 Å². The van der Waals surface area contributed by atoms with Crippen molar-refractivity contribution in [1.29, 1.82) is 0 Å². The predicted molar refractivity (Wildman–Crippen MR) is 110 cm³/mol. The fraction of sp³-hybridized carbons (Fsp3) is 0.476. The van der Waals surface area contributed by atoms with Crippen LogP contribution in [0.2, 0.25) is 19.6 Å². The summed E-state index contributed by atoms with van der Waals surface area (Å²) in [6.07, 6.45) is -3.25. The molecule has 154 valence electrons. The van der Waals surface area contributed by atoms with Gasteiger partial charge < -0.3 is 24.8 Å². The van der Waals surface area contributed by atoms with Crippen LogP contribution in [0.3, 0.4) is 0 Å². The molecule has 1 saturated heterocycles. The van der Waals surface area contributed by atoms with Crippen LogP contribution in [-0.4, -0.2) is 66.0 Å². The smallest absolute Gasteiger partial charge is 0.338 e. The SMILES string of the molecule is C=CC[C@@H]1O[C@@H](C(O)/C=C/[Si](C)(C)C)[C@@H](O)[C@@H](O)[C@H]1OC(=O)c1ccccc1. The minimum Gasteiger partial charge on any atom is -0.453 e. The van der Waals surface area contributed by atoms with E-state index >= 15 is 0 Å². The molecule has 2 rings (SSSR count). The van der Waals surface area contributed by atoms with Crippen LogP contribution in [0.15, 0.2) is 54.8 Å². The summed E-state index contributed by atoms with van der Waals surface area (Å²) < 4.78 is 11.3. The fourth-order valence-electron chi connectivity index (χ4n) is 3.01. The van der Waals surface area contributed by atoms with Crippen molar-refractivity contribution in [3.8, 4) is 0 Å². The first-order valence-corrected chi connectivity index (χ1v) is 13.0. The van der Waals surface area contributed by atoms with Gasteiger partial charge in [-0.2, -0.15) is 0 Å². The van der Waals surface area contributed by atoms with E-state index in [0.29, 0.717) is 5.56 Å². The van der Waals surface area contributed by atoms with E-state index in [1.54, 1.807) is 42.5 Å². The maximum Gasteiger partial charge on any atom is 0.338 e. The van der Waals surface area contributed by atoms with Gasteiger partial charge >= 0.3 is 5.97 Å². The Labute approximate surface area is 167 Å². The van der Waals surface area contributed by atoms with Crippen molar-refractivity contribution in [1.82, 2.24) is 0 Å². The molecule has 1 aromatic rings. The van der Waals surface area contributed by atoms with Crippen LogP contribution in [0.1, 0.15) is 16.8 Å². The topological polar surface area (TPSA) is 96.2 Å². The third-order valence-corrected chi connectivity index (χ3v) is 5.70. The van der Waals surface area contributed by atoms with Gasteiger partial charge in [-0.15, -0.1) is 6.58 Å². The molecule has 0 amide bonds. The molecule has 1 unspecified atom stereocenters. The van der Waals surface area contributed by atoms with E-state index in [1.165, 1.54) is 0 Å². The van der Waals surface area contributed by atoms with Crippen LogP contribution in [-0.2, 0) is 9.47 Å². The standard InChI is InChI=1S/C21H30O6Si/c1-5-9-16-20(27-21(25)14-10-7-6-8-11-14)18(24)17(23)19(26-16)15(22)12-13-28(2,3)4/h5-8,10-13,15-20,22-24H,1,9H2,2-4H3/b13-12+/t15?,16-,17-,18+,19-,20-/m0/s1. The second kappa shape index (κ2) is 9.62. The summed E-state index contributed by atoms with van der Waals surface area (Å²) >= 11 is 0. The van der Waals surface area contributed by atoms with E-state index in [0.717, 1.165) is 0 Å². The second-order valence-electron chi connectivity index (χ2n) is 8.10. The largest absolute Gasteiger partial charge is 0.453 e. The molecule has 3 N–H and O–H groups in total. The van der Waals surface area contributed by atoms with Gasteiger partial charge in [-0.3, -0.25) is 0 Å². The highest BCUT2D eigenvalue weighted by molar-refractivity contribution is 6.80. The summed E-state index contributed by atoms with van der Waals surface area (Å²) in [5, 5.41) is 31.6. The van der Waals surface area contributed by atoms with Gasteiger partial charge in [-0.25, -0.2) is 4.79 Å². The number of ether oxygens (including phenoxy) is 2. The first kappa shape index (κ1) is 22.5. The lowest BCUT2D eigenvalue weighted by Crippen LogP contribution is -2.61. The van der Waals surface area contributed by atoms with E-state index in [1.807, 2.05) is 5.70 Å². The van der Waals surface area contributed by atoms with Crippen LogP contribution in [0, 0.1) is 0 Å². The van der Waals surface area contributed by atoms with Crippen molar-refractivity contribution >= 4 is 14.0 Å². The molecule has 7 heteroatoms. The first-order chi connectivity index (χ1) is 13.1. The van der Waals surface area contributed by atoms with E-state index < -0.39 is 50.7 Å². The first-order valence-electron chi connectivity index (χ1n) is 9.40. The molecular formula is C21H30O6Si. The maximum atomic E-state index is 12.4. The summed E-state index contributed by atoms with van der Waals surface area (Å²) in [7, 11) is -1.55. The normalized spacial score (nSPS) is 29.4. The van der Waals surface area contributed by atoms with Gasteiger partial charge in [0.25, 0.3) is 0 Å². The highest BCUT2D eigenvalue weighted by Gasteiger charge is 2.48. The van der Waals surface area contributed by atoms with Gasteiger partial charge in [0.15, 0.2) is 6.10 Å². The Morgan fingerprint density at radius 2 is 1.89 bits per heavy atom. The molecule has 0 spiro atoms. The summed E-state index contributed by atoms with van der Waals surface area (Å²) in [5.74, 6) is -0.618. The molecule has 1 heterocycles. The van der Waals surface area contributed by atoms with Crippen LogP contribution >= 0.6 is 0 Å². The number of benzene rings is 1. The average molecular weight is 407 g/mol. The number of carbonyl (C=O) groups is 1. The quantitative estimate of drug-likeness (QED) is 0.364. The molecule has 1 aliphatic rings. The Bertz CT molecular complexity index is 684. The van der Waals surface area contributed by atoms with Crippen molar-refractivity contribution in [2.75, 3.05) is 0 Å². The number of carbonyl (C=O) groups excluding carboxylic acids is 1. The lowest BCUT2D eigenvalue weighted by Gasteiger charge is -2.43. The van der Waals surface area contributed by atoms with Crippen molar-refractivity contribution < 1.29 is 29.6 Å². The van der Waals surface area contributed by atoms with Crippen molar-refractivity contribution in [3.05, 3.63) is 60.3 Å². The minimum atomic E-state index is -1.55. The van der Waals surface area contributed by atoms with E-state index in [4.69, 9.17) is 9.47 Å². The van der Waals surface area contributed by atoms with E-state index in [2.05, 4.69) is 26.2 Å². The number of esters is 1. The minimum absolute atomic E-state index is 0.289. The van der Waals surface area contributed by atoms with Gasteiger partial charge in [0, 0.05) is 0 Å². The molecule has 1 fully saturated rings. The summed E-state index contributed by atoms with van der Waals surface area (Å²) in [5.41, 5.74) is 2.28. The molecule has 0 aromatic heterocycles. The highest BCUT2D eigenvalue weighted by atomic mass is 28.3. The number of hydrogen-bond acceptors (Lipinski definition) is 6. The third kappa shape index (κ3) is 5.86. The highest BCUT2D eigenvalue weighted by Crippen LogP contribution is 2.29. The zero-order valence-electron chi connectivity index (χ0n) is 16.6. The zero-order chi connectivity index (χ0) is 20.9.